The summed E-state index contributed by atoms with van der Waals surface area (Å²) in [5.74, 6) is -1.57. The van der Waals surface area contributed by atoms with Crippen LogP contribution in [0.1, 0.15) is 6.92 Å². The van der Waals surface area contributed by atoms with E-state index in [1.54, 1.807) is 6.92 Å². The molecule has 1 aromatic heterocycles. The van der Waals surface area contributed by atoms with Gasteiger partial charge >= 0.3 is 13.6 Å². The number of β-lactam (4-membered cyclic amide) rings is 1. The number of fused-ring (bicyclic) bond motifs is 1. The molecule has 3 rings (SSSR count). The van der Waals surface area contributed by atoms with Crippen molar-refractivity contribution < 1.29 is 28.7 Å². The predicted molar refractivity (Wildman–Crippen MR) is 95.9 cm³/mol. The summed E-state index contributed by atoms with van der Waals surface area (Å²) in [6, 6.07) is -0.761. The lowest BCUT2D eigenvalue weighted by atomic mass is 10.0. The Morgan fingerprint density at radius 3 is 2.96 bits per heavy atom. The van der Waals surface area contributed by atoms with Gasteiger partial charge in [0.05, 0.1) is 12.8 Å². The second-order valence-electron chi connectivity index (χ2n) is 5.67. The van der Waals surface area contributed by atoms with Crippen LogP contribution in [-0.2, 0) is 18.7 Å². The van der Waals surface area contributed by atoms with Crippen LogP contribution in [0.5, 0.6) is 0 Å². The SMILES string of the molecule is CCOP(=O)(O)CC(Sc1nnn[nH]1)C1=C(C(=O)O)N2C(=O)C(N)[C@@H]2SC1. The van der Waals surface area contributed by atoms with Gasteiger partial charge in [-0.25, -0.2) is 9.89 Å². The van der Waals surface area contributed by atoms with Crippen LogP contribution in [0.2, 0.25) is 0 Å². The van der Waals surface area contributed by atoms with Gasteiger partial charge in [-0.2, -0.15) is 0 Å². The van der Waals surface area contributed by atoms with Crippen LogP contribution < -0.4 is 5.73 Å². The average Bonchev–Trinajstić information content (AvgIpc) is 3.11. The zero-order valence-corrected chi connectivity index (χ0v) is 16.5. The summed E-state index contributed by atoms with van der Waals surface area (Å²) in [6.07, 6.45) is -0.363. The average molecular weight is 436 g/mol. The highest BCUT2D eigenvalue weighted by atomic mass is 32.2. The third kappa shape index (κ3) is 4.05. The summed E-state index contributed by atoms with van der Waals surface area (Å²) in [6.45, 7) is 1.60. The first-order chi connectivity index (χ1) is 12.7. The smallest absolute Gasteiger partial charge is 0.352 e. The lowest BCUT2D eigenvalue weighted by Gasteiger charge is -2.48. The molecule has 15 heteroatoms. The molecule has 0 radical (unpaired) electrons. The molecule has 4 atom stereocenters. The normalized spacial score (nSPS) is 25.6. The Bertz CT molecular complexity index is 819. The maximum atomic E-state index is 12.3. The molecule has 3 unspecified atom stereocenters. The van der Waals surface area contributed by atoms with Crippen molar-refractivity contribution in [3.05, 3.63) is 11.3 Å². The predicted octanol–water partition coefficient (Wildman–Crippen LogP) is -0.537. The number of hydrogen-bond acceptors (Lipinski definition) is 10. The van der Waals surface area contributed by atoms with Gasteiger partial charge in [0.1, 0.15) is 17.1 Å². The zero-order chi connectivity index (χ0) is 19.8. The van der Waals surface area contributed by atoms with E-state index in [0.717, 1.165) is 16.7 Å². The standard InChI is InChI=1S/C12H17N6O6PS2/c1-2-24-25(22,23)3-6(27-12-14-16-17-15-12)5-4-26-10-7(13)9(19)18(10)8(5)11(20)21/h6-7,10H,2-4,13H2,1H3,(H,20,21)(H,22,23)(H,14,15,16,17)/t6?,7?,10-/m0/s1. The fourth-order valence-corrected chi connectivity index (χ4v) is 7.08. The quantitative estimate of drug-likeness (QED) is 0.232. The third-order valence-corrected chi connectivity index (χ3v) is 8.13. The topological polar surface area (TPSA) is 185 Å². The summed E-state index contributed by atoms with van der Waals surface area (Å²) in [5.41, 5.74) is 5.85. The van der Waals surface area contributed by atoms with E-state index < -0.39 is 36.1 Å². The van der Waals surface area contributed by atoms with E-state index in [2.05, 4.69) is 20.6 Å². The van der Waals surface area contributed by atoms with Crippen molar-refractivity contribution in [1.82, 2.24) is 25.5 Å². The summed E-state index contributed by atoms with van der Waals surface area (Å²) in [4.78, 5) is 35.2. The minimum absolute atomic E-state index is 0.0240. The van der Waals surface area contributed by atoms with E-state index in [4.69, 9.17) is 10.3 Å². The number of hydrogen-bond donors (Lipinski definition) is 4. The molecule has 2 aliphatic rings. The van der Waals surface area contributed by atoms with Gasteiger partial charge in [-0.3, -0.25) is 14.3 Å². The van der Waals surface area contributed by atoms with Gasteiger partial charge in [0.25, 0.3) is 0 Å². The lowest BCUT2D eigenvalue weighted by Crippen LogP contribution is -2.68. The monoisotopic (exact) mass is 436 g/mol. The maximum Gasteiger partial charge on any atom is 0.352 e. The fraction of sp³-hybridized carbons (Fsp3) is 0.583. The van der Waals surface area contributed by atoms with Crippen LogP contribution in [0.4, 0.5) is 0 Å². The number of carbonyl (C=O) groups excluding carboxylic acids is 1. The number of carboxylic acids is 1. The molecule has 1 aromatic rings. The molecule has 1 fully saturated rings. The second-order valence-corrected chi connectivity index (χ2v) is 9.86. The highest BCUT2D eigenvalue weighted by Gasteiger charge is 2.52. The molecule has 1 amide bonds. The molecule has 12 nitrogen and oxygen atoms in total. The van der Waals surface area contributed by atoms with Crippen molar-refractivity contribution in [1.29, 1.82) is 0 Å². The molecular weight excluding hydrogens is 419 g/mol. The lowest BCUT2D eigenvalue weighted by molar-refractivity contribution is -0.148. The Hall–Kier alpha value is -1.44. The molecule has 0 aliphatic carbocycles. The van der Waals surface area contributed by atoms with E-state index in [1.165, 1.54) is 11.8 Å². The number of aromatic nitrogens is 4. The van der Waals surface area contributed by atoms with Crippen molar-refractivity contribution in [3.8, 4) is 0 Å². The molecule has 3 heterocycles. The number of rotatable bonds is 8. The summed E-state index contributed by atoms with van der Waals surface area (Å²) < 4.78 is 17.3. The highest BCUT2D eigenvalue weighted by molar-refractivity contribution is 8.01. The van der Waals surface area contributed by atoms with Crippen molar-refractivity contribution in [2.75, 3.05) is 18.5 Å². The summed E-state index contributed by atoms with van der Waals surface area (Å²) >= 11 is 2.30. The number of nitrogens with one attached hydrogen (secondary N) is 1. The Morgan fingerprint density at radius 2 is 2.37 bits per heavy atom. The van der Waals surface area contributed by atoms with Crippen molar-refractivity contribution >= 4 is 43.0 Å². The molecule has 2 aliphatic heterocycles. The van der Waals surface area contributed by atoms with E-state index in [1.807, 2.05) is 0 Å². The van der Waals surface area contributed by atoms with Gasteiger partial charge in [-0.15, -0.1) is 16.9 Å². The molecule has 27 heavy (non-hydrogen) atoms. The molecule has 5 N–H and O–H groups in total. The van der Waals surface area contributed by atoms with Gasteiger partial charge in [0.2, 0.25) is 11.1 Å². The molecular formula is C12H17N6O6PS2. The number of H-pyrrole nitrogens is 1. The number of aliphatic carboxylic acids is 1. The van der Waals surface area contributed by atoms with Gasteiger partial charge < -0.3 is 20.3 Å². The van der Waals surface area contributed by atoms with E-state index in [9.17, 15) is 24.2 Å². The van der Waals surface area contributed by atoms with Crippen LogP contribution in [0.15, 0.2) is 16.4 Å². The first kappa shape index (κ1) is 20.3. The Balaban J connectivity index is 1.99. The minimum atomic E-state index is -4.00. The minimum Gasteiger partial charge on any atom is -0.477 e. The first-order valence-corrected chi connectivity index (χ1v) is 11.5. The van der Waals surface area contributed by atoms with Crippen LogP contribution in [0.3, 0.4) is 0 Å². The summed E-state index contributed by atoms with van der Waals surface area (Å²) in [7, 11) is -4.00. The largest absolute Gasteiger partial charge is 0.477 e. The molecule has 148 valence electrons. The van der Waals surface area contributed by atoms with Crippen molar-refractivity contribution in [3.63, 3.8) is 0 Å². The molecule has 0 bridgehead atoms. The van der Waals surface area contributed by atoms with E-state index >= 15 is 0 Å². The second kappa shape index (κ2) is 7.89. The maximum absolute atomic E-state index is 12.3. The molecule has 0 saturated carbocycles. The number of nitrogens with zero attached hydrogens (tertiary/aromatic N) is 4. The number of tetrazole rings is 1. The Labute approximate surface area is 161 Å². The van der Waals surface area contributed by atoms with Crippen molar-refractivity contribution in [2.24, 2.45) is 5.73 Å². The third-order valence-electron chi connectivity index (χ3n) is 3.94. The van der Waals surface area contributed by atoms with E-state index in [-0.39, 0.29) is 29.4 Å². The van der Waals surface area contributed by atoms with Gasteiger partial charge in [0, 0.05) is 11.0 Å². The molecule has 1 saturated heterocycles. The summed E-state index contributed by atoms with van der Waals surface area (Å²) in [5, 5.41) is 21.8. The van der Waals surface area contributed by atoms with Crippen LogP contribution in [0.25, 0.3) is 0 Å². The molecule has 0 aromatic carbocycles. The van der Waals surface area contributed by atoms with Gasteiger partial charge in [-0.05, 0) is 22.9 Å². The number of carboxylic acid groups (broad SMARTS) is 1. The highest BCUT2D eigenvalue weighted by Crippen LogP contribution is 2.49. The van der Waals surface area contributed by atoms with Gasteiger partial charge in [-0.1, -0.05) is 11.8 Å². The van der Waals surface area contributed by atoms with Crippen LogP contribution in [-0.4, -0.2) is 82.6 Å². The number of thioether (sulfide) groups is 2. The fourth-order valence-electron chi connectivity index (χ4n) is 2.80. The van der Waals surface area contributed by atoms with Crippen LogP contribution >= 0.6 is 31.1 Å². The van der Waals surface area contributed by atoms with Crippen LogP contribution in [0, 0.1) is 0 Å². The van der Waals surface area contributed by atoms with Crippen molar-refractivity contribution in [2.45, 2.75) is 28.7 Å². The molecule has 0 spiro atoms. The number of carbonyl (C=O) groups is 2. The van der Waals surface area contributed by atoms with Gasteiger partial charge in [0.15, 0.2) is 0 Å². The Morgan fingerprint density at radius 1 is 1.63 bits per heavy atom. The number of amides is 1. The first-order valence-electron chi connectivity index (χ1n) is 7.78. The zero-order valence-electron chi connectivity index (χ0n) is 14.0. The van der Waals surface area contributed by atoms with E-state index in [0.29, 0.717) is 5.57 Å². The number of nitrogens with two attached hydrogens (primary N) is 1. The number of aromatic amines is 1. The Kier molecular flexibility index (Phi) is 5.93.